The van der Waals surface area contributed by atoms with Crippen LogP contribution in [0.1, 0.15) is 0 Å². The van der Waals surface area contributed by atoms with Gasteiger partial charge in [-0.05, 0) is 42.5 Å². The predicted molar refractivity (Wildman–Crippen MR) is 93.3 cm³/mol. The van der Waals surface area contributed by atoms with Crippen LogP contribution in [0.15, 0.2) is 66.9 Å². The number of hydrogen-bond acceptors (Lipinski definition) is 4. The fourth-order valence-electron chi connectivity index (χ4n) is 2.62. The van der Waals surface area contributed by atoms with Crippen molar-refractivity contribution in [3.63, 3.8) is 0 Å². The number of nitrogens with zero attached hydrogens (tertiary/aromatic N) is 2. The monoisotopic (exact) mass is 301 g/mol. The lowest BCUT2D eigenvalue weighted by atomic mass is 10.1. The van der Waals surface area contributed by atoms with E-state index in [9.17, 15) is 0 Å². The van der Waals surface area contributed by atoms with Crippen molar-refractivity contribution in [1.29, 1.82) is 0 Å². The number of aromatic nitrogens is 2. The van der Waals surface area contributed by atoms with Crippen LogP contribution in [-0.4, -0.2) is 17.1 Å². The molecule has 4 rings (SSSR count). The van der Waals surface area contributed by atoms with Crippen molar-refractivity contribution in [3.05, 3.63) is 66.9 Å². The third-order valence-electron chi connectivity index (χ3n) is 3.79. The molecule has 0 saturated heterocycles. The molecular formula is C19H15N3O. The van der Waals surface area contributed by atoms with Gasteiger partial charge in [0.15, 0.2) is 0 Å². The number of hydrogen-bond donors (Lipinski definition) is 1. The number of anilines is 2. The van der Waals surface area contributed by atoms with Crippen LogP contribution in [0.2, 0.25) is 0 Å². The fraction of sp³-hybridized carbons (Fsp3) is 0.0526. The molecule has 0 aliphatic heterocycles. The lowest BCUT2D eigenvalue weighted by molar-refractivity contribution is 0.415. The van der Waals surface area contributed by atoms with Gasteiger partial charge in [0.05, 0.1) is 18.1 Å². The van der Waals surface area contributed by atoms with Crippen LogP contribution in [0, 0.1) is 0 Å². The molecule has 0 unspecified atom stereocenters. The number of fused-ring (bicyclic) bond motifs is 3. The molecule has 2 aromatic heterocycles. The normalized spacial score (nSPS) is 10.8. The second-order valence-corrected chi connectivity index (χ2v) is 5.26. The van der Waals surface area contributed by atoms with Crippen LogP contribution < -0.4 is 10.1 Å². The van der Waals surface area contributed by atoms with Crippen molar-refractivity contribution < 1.29 is 4.74 Å². The Morgan fingerprint density at radius 3 is 2.35 bits per heavy atom. The maximum atomic E-state index is 5.17. The number of pyridine rings is 2. The van der Waals surface area contributed by atoms with E-state index in [1.165, 1.54) is 0 Å². The summed E-state index contributed by atoms with van der Waals surface area (Å²) in [6.07, 6.45) is 1.80. The van der Waals surface area contributed by atoms with Crippen molar-refractivity contribution in [1.82, 2.24) is 9.97 Å². The van der Waals surface area contributed by atoms with Gasteiger partial charge in [0, 0.05) is 22.7 Å². The molecule has 2 aromatic carbocycles. The van der Waals surface area contributed by atoms with E-state index in [1.807, 2.05) is 42.5 Å². The highest BCUT2D eigenvalue weighted by Gasteiger charge is 2.05. The molecule has 0 aliphatic carbocycles. The molecule has 0 radical (unpaired) electrons. The van der Waals surface area contributed by atoms with Crippen LogP contribution in [-0.2, 0) is 0 Å². The summed E-state index contributed by atoms with van der Waals surface area (Å²) in [6, 6.07) is 19.9. The third kappa shape index (κ3) is 2.55. The first-order valence-electron chi connectivity index (χ1n) is 7.39. The van der Waals surface area contributed by atoms with Gasteiger partial charge in [0.2, 0.25) is 0 Å². The van der Waals surface area contributed by atoms with Gasteiger partial charge in [-0.25, -0.2) is 4.98 Å². The predicted octanol–water partition coefficient (Wildman–Crippen LogP) is 4.54. The van der Waals surface area contributed by atoms with E-state index in [0.29, 0.717) is 0 Å². The van der Waals surface area contributed by atoms with Gasteiger partial charge in [0.25, 0.3) is 0 Å². The summed E-state index contributed by atoms with van der Waals surface area (Å²) in [5.74, 6) is 1.62. The minimum absolute atomic E-state index is 0.792. The molecule has 0 spiro atoms. The van der Waals surface area contributed by atoms with E-state index >= 15 is 0 Å². The Bertz CT molecular complexity index is 981. The highest BCUT2D eigenvalue weighted by atomic mass is 16.5. The highest BCUT2D eigenvalue weighted by Crippen LogP contribution is 2.25. The molecule has 112 valence electrons. The number of rotatable bonds is 3. The molecule has 0 fully saturated rings. The van der Waals surface area contributed by atoms with Crippen molar-refractivity contribution in [2.75, 3.05) is 12.4 Å². The van der Waals surface area contributed by atoms with E-state index in [0.717, 1.165) is 39.1 Å². The molecule has 0 bridgehead atoms. The minimum atomic E-state index is 0.792. The molecular weight excluding hydrogens is 286 g/mol. The number of methoxy groups -OCH3 is 1. The Balaban J connectivity index is 1.76. The molecule has 1 N–H and O–H groups in total. The van der Waals surface area contributed by atoms with Gasteiger partial charge < -0.3 is 10.1 Å². The lowest BCUT2D eigenvalue weighted by Gasteiger charge is -2.08. The zero-order chi connectivity index (χ0) is 15.6. The first-order chi connectivity index (χ1) is 11.3. The minimum Gasteiger partial charge on any atom is -0.497 e. The summed E-state index contributed by atoms with van der Waals surface area (Å²) in [6.45, 7) is 0. The lowest BCUT2D eigenvalue weighted by Crippen LogP contribution is -1.94. The van der Waals surface area contributed by atoms with E-state index in [4.69, 9.17) is 9.72 Å². The van der Waals surface area contributed by atoms with Crippen molar-refractivity contribution in [2.24, 2.45) is 0 Å². The molecule has 4 heteroatoms. The summed E-state index contributed by atoms with van der Waals surface area (Å²) >= 11 is 0. The van der Waals surface area contributed by atoms with Crippen LogP contribution >= 0.6 is 0 Å². The molecule has 0 saturated carbocycles. The second kappa shape index (κ2) is 5.57. The summed E-state index contributed by atoms with van der Waals surface area (Å²) < 4.78 is 5.17. The largest absolute Gasteiger partial charge is 0.497 e. The van der Waals surface area contributed by atoms with E-state index in [1.54, 1.807) is 13.3 Å². The molecule has 0 amide bonds. The Morgan fingerprint density at radius 2 is 1.57 bits per heavy atom. The van der Waals surface area contributed by atoms with Gasteiger partial charge in [0.1, 0.15) is 11.6 Å². The Labute approximate surface area is 133 Å². The zero-order valence-electron chi connectivity index (χ0n) is 12.7. The Morgan fingerprint density at radius 1 is 0.826 bits per heavy atom. The average molecular weight is 301 g/mol. The summed E-state index contributed by atoms with van der Waals surface area (Å²) in [5.41, 5.74) is 2.79. The van der Waals surface area contributed by atoms with Gasteiger partial charge in [-0.3, -0.25) is 4.98 Å². The molecule has 0 aliphatic rings. The Hall–Kier alpha value is -3.14. The highest BCUT2D eigenvalue weighted by molar-refractivity contribution is 6.03. The number of benzene rings is 2. The van der Waals surface area contributed by atoms with Crippen molar-refractivity contribution >= 4 is 33.3 Å². The summed E-state index contributed by atoms with van der Waals surface area (Å²) in [7, 11) is 1.66. The van der Waals surface area contributed by atoms with Crippen molar-refractivity contribution in [2.45, 2.75) is 0 Å². The molecule has 0 atom stereocenters. The maximum Gasteiger partial charge on any atom is 0.131 e. The third-order valence-corrected chi connectivity index (χ3v) is 3.79. The first-order valence-corrected chi connectivity index (χ1v) is 7.39. The topological polar surface area (TPSA) is 47.0 Å². The molecule has 4 aromatic rings. The first kappa shape index (κ1) is 13.5. The Kier molecular flexibility index (Phi) is 3.27. The summed E-state index contributed by atoms with van der Waals surface area (Å²) in [5, 5.41) is 5.49. The standard InChI is InChI=1S/C19H15N3O/c1-23-16-9-7-15(8-10-16)21-17-11-6-14-5-4-13-3-2-12-20-18(13)19(14)22-17/h2-12H,1H3,(H,21,22). The molecule has 23 heavy (non-hydrogen) atoms. The van der Waals surface area contributed by atoms with Gasteiger partial charge in [-0.15, -0.1) is 0 Å². The number of nitrogens with one attached hydrogen (secondary N) is 1. The van der Waals surface area contributed by atoms with E-state index in [2.05, 4.69) is 28.5 Å². The van der Waals surface area contributed by atoms with Crippen LogP contribution in [0.25, 0.3) is 21.8 Å². The fourth-order valence-corrected chi connectivity index (χ4v) is 2.62. The van der Waals surface area contributed by atoms with Gasteiger partial charge in [-0.2, -0.15) is 0 Å². The quantitative estimate of drug-likeness (QED) is 0.565. The molecule has 4 nitrogen and oxygen atoms in total. The van der Waals surface area contributed by atoms with E-state index in [-0.39, 0.29) is 0 Å². The van der Waals surface area contributed by atoms with Crippen LogP contribution in [0.5, 0.6) is 5.75 Å². The van der Waals surface area contributed by atoms with Gasteiger partial charge in [-0.1, -0.05) is 18.2 Å². The van der Waals surface area contributed by atoms with Crippen LogP contribution in [0.4, 0.5) is 11.5 Å². The molecule has 2 heterocycles. The maximum absolute atomic E-state index is 5.17. The van der Waals surface area contributed by atoms with Crippen LogP contribution in [0.3, 0.4) is 0 Å². The summed E-state index contributed by atoms with van der Waals surface area (Å²) in [4.78, 5) is 9.21. The SMILES string of the molecule is COc1ccc(Nc2ccc3ccc4cccnc4c3n2)cc1. The van der Waals surface area contributed by atoms with E-state index < -0.39 is 0 Å². The average Bonchev–Trinajstić information content (AvgIpc) is 2.62. The second-order valence-electron chi connectivity index (χ2n) is 5.26. The zero-order valence-corrected chi connectivity index (χ0v) is 12.7. The number of ether oxygens (including phenoxy) is 1. The van der Waals surface area contributed by atoms with Crippen molar-refractivity contribution in [3.8, 4) is 5.75 Å². The smallest absolute Gasteiger partial charge is 0.131 e. The van der Waals surface area contributed by atoms with Gasteiger partial charge >= 0.3 is 0 Å².